The average Bonchev–Trinajstić information content (AvgIpc) is 2.14. The maximum atomic E-state index is 11.7. The predicted molar refractivity (Wildman–Crippen MR) is 46.5 cm³/mol. The fraction of sp³-hybridized carbons (Fsp3) is 0.444. The lowest BCUT2D eigenvalue weighted by Crippen LogP contribution is -2.15. The Labute approximate surface area is 71.8 Å². The third kappa shape index (κ3) is 3.44. The zero-order valence-electron chi connectivity index (χ0n) is 6.96. The number of alkyl halides is 1. The fourth-order valence-corrected chi connectivity index (χ4v) is 0.911. The Hall–Kier alpha value is -0.960. The first-order valence-electron chi connectivity index (χ1n) is 4.10. The van der Waals surface area contributed by atoms with E-state index in [0.717, 1.165) is 12.2 Å². The van der Waals surface area contributed by atoms with Gasteiger partial charge in [-0.05, 0) is 25.1 Å². The first-order valence-corrected chi connectivity index (χ1v) is 4.10. The van der Waals surface area contributed by atoms with Gasteiger partial charge in [0.15, 0.2) is 0 Å². The summed E-state index contributed by atoms with van der Waals surface area (Å²) in [5.41, 5.74) is 0.997. The van der Waals surface area contributed by atoms with Crippen LogP contribution in [0.5, 0.6) is 0 Å². The van der Waals surface area contributed by atoms with Gasteiger partial charge in [-0.15, -0.1) is 0 Å². The topological polar surface area (TPSA) is 24.9 Å². The van der Waals surface area contributed by atoms with E-state index in [9.17, 15) is 4.39 Å². The minimum atomic E-state index is -0.255. The summed E-state index contributed by atoms with van der Waals surface area (Å²) in [6.45, 7) is 1.18. The lowest BCUT2D eigenvalue weighted by Gasteiger charge is -2.01. The Kier molecular flexibility index (Phi) is 4.31. The number of halogens is 1. The Balaban J connectivity index is 2.16. The van der Waals surface area contributed by atoms with Gasteiger partial charge in [0.2, 0.25) is 0 Å². The van der Waals surface area contributed by atoms with Crippen LogP contribution in [-0.2, 0) is 6.54 Å². The molecular weight excluding hydrogens is 155 g/mol. The molecule has 1 heterocycles. The van der Waals surface area contributed by atoms with Gasteiger partial charge >= 0.3 is 0 Å². The molecule has 0 saturated heterocycles. The molecule has 0 amide bonds. The second-order valence-corrected chi connectivity index (χ2v) is 2.54. The molecule has 0 aliphatic carbocycles. The highest BCUT2D eigenvalue weighted by Crippen LogP contribution is 1.91. The molecule has 0 aliphatic rings. The van der Waals surface area contributed by atoms with Gasteiger partial charge in [-0.2, -0.15) is 0 Å². The van der Waals surface area contributed by atoms with Crippen LogP contribution in [0.25, 0.3) is 0 Å². The SMILES string of the molecule is FCCCNCc1ccccn1. The van der Waals surface area contributed by atoms with Gasteiger partial charge in [0, 0.05) is 12.7 Å². The number of nitrogens with one attached hydrogen (secondary N) is 1. The van der Waals surface area contributed by atoms with Gasteiger partial charge in [0.25, 0.3) is 0 Å². The highest BCUT2D eigenvalue weighted by molar-refractivity contribution is 5.02. The van der Waals surface area contributed by atoms with Crippen molar-refractivity contribution in [2.45, 2.75) is 13.0 Å². The Morgan fingerprint density at radius 2 is 2.33 bits per heavy atom. The van der Waals surface area contributed by atoms with E-state index in [1.54, 1.807) is 6.20 Å². The smallest absolute Gasteiger partial charge is 0.0906 e. The van der Waals surface area contributed by atoms with Gasteiger partial charge in [-0.3, -0.25) is 9.37 Å². The average molecular weight is 168 g/mol. The summed E-state index contributed by atoms with van der Waals surface area (Å²) in [5, 5.41) is 3.10. The maximum Gasteiger partial charge on any atom is 0.0906 e. The van der Waals surface area contributed by atoms with E-state index >= 15 is 0 Å². The third-order valence-corrected chi connectivity index (χ3v) is 1.52. The number of pyridine rings is 1. The molecule has 0 radical (unpaired) electrons. The van der Waals surface area contributed by atoms with Gasteiger partial charge in [-0.1, -0.05) is 6.07 Å². The molecule has 0 bridgehead atoms. The summed E-state index contributed by atoms with van der Waals surface area (Å²) >= 11 is 0. The van der Waals surface area contributed by atoms with Crippen LogP contribution < -0.4 is 5.32 Å². The Bertz CT molecular complexity index is 201. The van der Waals surface area contributed by atoms with Crippen LogP contribution in [0.4, 0.5) is 4.39 Å². The molecule has 1 aromatic rings. The Morgan fingerprint density at radius 1 is 1.42 bits per heavy atom. The summed E-state index contributed by atoms with van der Waals surface area (Å²) in [5.74, 6) is 0. The molecule has 1 aromatic heterocycles. The molecule has 0 atom stereocenters. The summed E-state index contributed by atoms with van der Waals surface area (Å²) < 4.78 is 11.7. The normalized spacial score (nSPS) is 10.1. The van der Waals surface area contributed by atoms with Crippen molar-refractivity contribution in [3.05, 3.63) is 30.1 Å². The predicted octanol–water partition coefficient (Wildman–Crippen LogP) is 1.53. The van der Waals surface area contributed by atoms with Crippen molar-refractivity contribution in [3.8, 4) is 0 Å². The lowest BCUT2D eigenvalue weighted by molar-refractivity contribution is 0.458. The van der Waals surface area contributed by atoms with E-state index in [1.807, 2.05) is 18.2 Å². The number of aromatic nitrogens is 1. The number of nitrogens with zero attached hydrogens (tertiary/aromatic N) is 1. The van der Waals surface area contributed by atoms with Crippen molar-refractivity contribution < 1.29 is 4.39 Å². The van der Waals surface area contributed by atoms with Crippen molar-refractivity contribution in [3.63, 3.8) is 0 Å². The monoisotopic (exact) mass is 168 g/mol. The van der Waals surface area contributed by atoms with E-state index in [4.69, 9.17) is 0 Å². The summed E-state index contributed by atoms with van der Waals surface area (Å²) in [6.07, 6.45) is 2.33. The molecule has 66 valence electrons. The van der Waals surface area contributed by atoms with Crippen LogP contribution in [0, 0.1) is 0 Å². The van der Waals surface area contributed by atoms with E-state index in [0.29, 0.717) is 13.0 Å². The number of rotatable bonds is 5. The maximum absolute atomic E-state index is 11.7. The number of hydrogen-bond acceptors (Lipinski definition) is 2. The molecule has 3 heteroatoms. The molecule has 2 nitrogen and oxygen atoms in total. The molecule has 1 rings (SSSR count). The van der Waals surface area contributed by atoms with E-state index in [2.05, 4.69) is 10.3 Å². The molecule has 0 unspecified atom stereocenters. The molecule has 0 fully saturated rings. The molecule has 1 N–H and O–H groups in total. The van der Waals surface area contributed by atoms with Crippen molar-refractivity contribution in [2.24, 2.45) is 0 Å². The highest BCUT2D eigenvalue weighted by Gasteiger charge is 1.90. The summed E-state index contributed by atoms with van der Waals surface area (Å²) in [7, 11) is 0. The van der Waals surface area contributed by atoms with E-state index < -0.39 is 0 Å². The minimum Gasteiger partial charge on any atom is -0.311 e. The second kappa shape index (κ2) is 5.66. The van der Waals surface area contributed by atoms with E-state index in [-0.39, 0.29) is 6.67 Å². The quantitative estimate of drug-likeness (QED) is 0.674. The molecule has 0 aromatic carbocycles. The molecule has 12 heavy (non-hydrogen) atoms. The van der Waals surface area contributed by atoms with Crippen molar-refractivity contribution in [1.29, 1.82) is 0 Å². The van der Waals surface area contributed by atoms with Crippen LogP contribution in [0.2, 0.25) is 0 Å². The van der Waals surface area contributed by atoms with Gasteiger partial charge < -0.3 is 5.32 Å². The van der Waals surface area contributed by atoms with Crippen molar-refractivity contribution in [1.82, 2.24) is 10.3 Å². The van der Waals surface area contributed by atoms with Gasteiger partial charge in [-0.25, -0.2) is 0 Å². The standard InChI is InChI=1S/C9H13FN2/c10-5-3-6-11-8-9-4-1-2-7-12-9/h1-2,4,7,11H,3,5-6,8H2. The van der Waals surface area contributed by atoms with E-state index in [1.165, 1.54) is 0 Å². The first-order chi connectivity index (χ1) is 5.93. The van der Waals surface area contributed by atoms with Crippen LogP contribution in [0.3, 0.4) is 0 Å². The zero-order valence-corrected chi connectivity index (χ0v) is 6.96. The summed E-state index contributed by atoms with van der Waals surface area (Å²) in [6, 6.07) is 5.77. The minimum absolute atomic E-state index is 0.255. The zero-order chi connectivity index (χ0) is 8.65. The van der Waals surface area contributed by atoms with Crippen LogP contribution >= 0.6 is 0 Å². The summed E-state index contributed by atoms with van der Waals surface area (Å²) in [4.78, 5) is 4.12. The molecule has 0 saturated carbocycles. The van der Waals surface area contributed by atoms with Crippen molar-refractivity contribution in [2.75, 3.05) is 13.2 Å². The first kappa shape index (κ1) is 9.13. The fourth-order valence-electron chi connectivity index (χ4n) is 0.911. The van der Waals surface area contributed by atoms with Gasteiger partial charge in [0.1, 0.15) is 0 Å². The number of hydrogen-bond donors (Lipinski definition) is 1. The molecular formula is C9H13FN2. The molecule has 0 aliphatic heterocycles. The van der Waals surface area contributed by atoms with Crippen molar-refractivity contribution >= 4 is 0 Å². The van der Waals surface area contributed by atoms with Crippen LogP contribution in [0.1, 0.15) is 12.1 Å². The Morgan fingerprint density at radius 3 is 3.00 bits per heavy atom. The third-order valence-electron chi connectivity index (χ3n) is 1.52. The molecule has 0 spiro atoms. The van der Waals surface area contributed by atoms with Crippen LogP contribution in [-0.4, -0.2) is 18.2 Å². The lowest BCUT2D eigenvalue weighted by atomic mass is 10.3. The second-order valence-electron chi connectivity index (χ2n) is 2.54. The van der Waals surface area contributed by atoms with Gasteiger partial charge in [0.05, 0.1) is 12.4 Å². The van der Waals surface area contributed by atoms with Crippen LogP contribution in [0.15, 0.2) is 24.4 Å². The highest BCUT2D eigenvalue weighted by atomic mass is 19.1. The largest absolute Gasteiger partial charge is 0.311 e.